The van der Waals surface area contributed by atoms with Gasteiger partial charge in [0.25, 0.3) is 0 Å². The van der Waals surface area contributed by atoms with Crippen molar-refractivity contribution in [2.24, 2.45) is 0 Å². The quantitative estimate of drug-likeness (QED) is 0.768. The number of hydrogen-bond donors (Lipinski definition) is 2. The van der Waals surface area contributed by atoms with E-state index >= 15 is 0 Å². The van der Waals surface area contributed by atoms with Crippen molar-refractivity contribution in [3.8, 4) is 0 Å². The Kier molecular flexibility index (Phi) is 4.17. The third kappa shape index (κ3) is 2.99. The van der Waals surface area contributed by atoms with Crippen LogP contribution in [0.5, 0.6) is 0 Å². The first kappa shape index (κ1) is 13.9. The molecule has 1 aromatic rings. The molecule has 2 aliphatic rings. The van der Waals surface area contributed by atoms with Crippen LogP contribution in [0.1, 0.15) is 31.2 Å². The fourth-order valence-electron chi connectivity index (χ4n) is 3.13. The number of halogens is 2. The second-order valence-electron chi connectivity index (χ2n) is 5.48. The molecule has 0 radical (unpaired) electrons. The molecule has 2 atom stereocenters. The van der Waals surface area contributed by atoms with Crippen molar-refractivity contribution in [1.29, 1.82) is 0 Å². The fourth-order valence-corrected chi connectivity index (χ4v) is 4.59. The van der Waals surface area contributed by atoms with E-state index in [0.29, 0.717) is 6.04 Å². The van der Waals surface area contributed by atoms with Crippen LogP contribution in [0.25, 0.3) is 0 Å². The maximum atomic E-state index is 9.83. The predicted molar refractivity (Wildman–Crippen MR) is 84.1 cm³/mol. The highest BCUT2D eigenvalue weighted by molar-refractivity contribution is 9.11. The molecular weight excluding hydrogens is 372 g/mol. The van der Waals surface area contributed by atoms with Gasteiger partial charge in [-0.2, -0.15) is 0 Å². The molecule has 3 nitrogen and oxygen atoms in total. The zero-order chi connectivity index (χ0) is 13.4. The summed E-state index contributed by atoms with van der Waals surface area (Å²) < 4.78 is 2.21. The lowest BCUT2D eigenvalue weighted by molar-refractivity contribution is 0.0599. The Bertz CT molecular complexity index is 481. The van der Waals surface area contributed by atoms with Crippen LogP contribution in [0.4, 0.5) is 5.69 Å². The van der Waals surface area contributed by atoms with Crippen LogP contribution in [0, 0.1) is 0 Å². The Labute approximate surface area is 130 Å². The average molecular weight is 390 g/mol. The molecule has 1 aromatic carbocycles. The Morgan fingerprint density at radius 2 is 2.11 bits per heavy atom. The van der Waals surface area contributed by atoms with Crippen molar-refractivity contribution in [1.82, 2.24) is 4.90 Å². The molecule has 104 valence electrons. The van der Waals surface area contributed by atoms with E-state index in [1.54, 1.807) is 0 Å². The number of benzene rings is 1. The van der Waals surface area contributed by atoms with Crippen molar-refractivity contribution in [3.05, 3.63) is 26.6 Å². The Morgan fingerprint density at radius 3 is 2.89 bits per heavy atom. The van der Waals surface area contributed by atoms with Gasteiger partial charge in [0.2, 0.25) is 0 Å². The van der Waals surface area contributed by atoms with Gasteiger partial charge in [-0.25, -0.2) is 0 Å². The van der Waals surface area contributed by atoms with Gasteiger partial charge in [-0.15, -0.1) is 0 Å². The first-order chi connectivity index (χ1) is 9.13. The van der Waals surface area contributed by atoms with Crippen LogP contribution >= 0.6 is 31.9 Å². The maximum absolute atomic E-state index is 9.83. The second-order valence-corrected chi connectivity index (χ2v) is 7.25. The van der Waals surface area contributed by atoms with Crippen LogP contribution in [0.2, 0.25) is 0 Å². The van der Waals surface area contributed by atoms with Crippen molar-refractivity contribution in [2.45, 2.75) is 44.4 Å². The Balaban J connectivity index is 1.78. The number of aliphatic hydroxyl groups excluding tert-OH is 1. The average Bonchev–Trinajstić information content (AvgIpc) is 2.37. The number of fused-ring (bicyclic) bond motifs is 1. The van der Waals surface area contributed by atoms with Gasteiger partial charge >= 0.3 is 0 Å². The first-order valence-corrected chi connectivity index (χ1v) is 8.36. The Hall–Kier alpha value is -0.100. The first-order valence-electron chi connectivity index (χ1n) is 6.77. The third-order valence-corrected chi connectivity index (χ3v) is 5.19. The summed E-state index contributed by atoms with van der Waals surface area (Å²) in [5.74, 6) is 0. The van der Waals surface area contributed by atoms with E-state index in [0.717, 1.165) is 41.4 Å². The number of hydrogen-bond acceptors (Lipinski definition) is 3. The standard InChI is InChI=1S/C14H18Br2N2O/c15-10-4-9-7-18(8-17-14(9)13(16)5-10)11-2-1-3-12(19)6-11/h4-5,11-12,17,19H,1-3,6-8H2/t11-,12+/m0/s1. The van der Waals surface area contributed by atoms with Crippen LogP contribution in [0.3, 0.4) is 0 Å². The molecular formula is C14H18Br2N2O. The highest BCUT2D eigenvalue weighted by atomic mass is 79.9. The molecule has 5 heteroatoms. The molecule has 0 amide bonds. The molecule has 0 bridgehead atoms. The minimum absolute atomic E-state index is 0.116. The maximum Gasteiger partial charge on any atom is 0.0684 e. The third-order valence-electron chi connectivity index (χ3n) is 4.10. The lowest BCUT2D eigenvalue weighted by atomic mass is 9.91. The van der Waals surface area contributed by atoms with Gasteiger partial charge in [0.05, 0.1) is 18.5 Å². The molecule has 19 heavy (non-hydrogen) atoms. The smallest absolute Gasteiger partial charge is 0.0684 e. The van der Waals surface area contributed by atoms with E-state index in [2.05, 4.69) is 54.2 Å². The minimum Gasteiger partial charge on any atom is -0.393 e. The van der Waals surface area contributed by atoms with Crippen LogP contribution in [-0.2, 0) is 6.54 Å². The van der Waals surface area contributed by atoms with Crippen LogP contribution in [-0.4, -0.2) is 28.8 Å². The summed E-state index contributed by atoms with van der Waals surface area (Å²) in [6.07, 6.45) is 4.09. The van der Waals surface area contributed by atoms with Crippen LogP contribution in [0.15, 0.2) is 21.1 Å². The Morgan fingerprint density at radius 1 is 1.26 bits per heavy atom. The lowest BCUT2D eigenvalue weighted by Gasteiger charge is -2.39. The molecule has 0 spiro atoms. The summed E-state index contributed by atoms with van der Waals surface area (Å²) in [6.45, 7) is 1.82. The van der Waals surface area contributed by atoms with Crippen LogP contribution < -0.4 is 5.32 Å². The molecule has 0 aromatic heterocycles. The minimum atomic E-state index is -0.116. The lowest BCUT2D eigenvalue weighted by Crippen LogP contribution is -2.44. The van der Waals surface area contributed by atoms with E-state index in [4.69, 9.17) is 0 Å². The largest absolute Gasteiger partial charge is 0.393 e. The number of nitrogens with one attached hydrogen (secondary N) is 1. The molecule has 1 aliphatic heterocycles. The number of nitrogens with zero attached hydrogens (tertiary/aromatic N) is 1. The number of anilines is 1. The molecule has 0 unspecified atom stereocenters. The van der Waals surface area contributed by atoms with Gasteiger partial charge in [0, 0.05) is 21.5 Å². The molecule has 2 N–H and O–H groups in total. The normalized spacial score (nSPS) is 27.7. The van der Waals surface area contributed by atoms with E-state index in [9.17, 15) is 5.11 Å². The summed E-state index contributed by atoms with van der Waals surface area (Å²) >= 11 is 7.16. The van der Waals surface area contributed by atoms with E-state index in [1.807, 2.05) is 0 Å². The van der Waals surface area contributed by atoms with Gasteiger partial charge in [0.1, 0.15) is 0 Å². The zero-order valence-electron chi connectivity index (χ0n) is 10.7. The highest BCUT2D eigenvalue weighted by Crippen LogP contribution is 2.35. The molecule has 1 fully saturated rings. The number of aliphatic hydroxyl groups is 1. The van der Waals surface area contributed by atoms with Crippen molar-refractivity contribution in [2.75, 3.05) is 12.0 Å². The van der Waals surface area contributed by atoms with Gasteiger partial charge in [0.15, 0.2) is 0 Å². The summed E-state index contributed by atoms with van der Waals surface area (Å²) in [5, 5.41) is 13.3. The predicted octanol–water partition coefficient (Wildman–Crippen LogP) is 3.70. The molecule has 1 heterocycles. The topological polar surface area (TPSA) is 35.5 Å². The molecule has 3 rings (SSSR count). The zero-order valence-corrected chi connectivity index (χ0v) is 13.9. The molecule has 0 saturated heterocycles. The van der Waals surface area contributed by atoms with Gasteiger partial charge in [-0.3, -0.25) is 4.90 Å². The SMILES string of the molecule is O[C@@H]1CCC[C@H](N2CNc3c(Br)cc(Br)cc3C2)C1. The monoisotopic (exact) mass is 388 g/mol. The fraction of sp³-hybridized carbons (Fsp3) is 0.571. The van der Waals surface area contributed by atoms with Gasteiger partial charge in [-0.05, 0) is 59.3 Å². The van der Waals surface area contributed by atoms with E-state index < -0.39 is 0 Å². The summed E-state index contributed by atoms with van der Waals surface area (Å²) in [6, 6.07) is 4.76. The van der Waals surface area contributed by atoms with Gasteiger partial charge < -0.3 is 10.4 Å². The summed E-state index contributed by atoms with van der Waals surface area (Å²) in [4.78, 5) is 2.45. The second kappa shape index (κ2) is 5.72. The van der Waals surface area contributed by atoms with Crippen molar-refractivity contribution in [3.63, 3.8) is 0 Å². The summed E-state index contributed by atoms with van der Waals surface area (Å²) in [5.41, 5.74) is 2.52. The van der Waals surface area contributed by atoms with Crippen molar-refractivity contribution >= 4 is 37.5 Å². The molecule has 1 saturated carbocycles. The summed E-state index contributed by atoms with van der Waals surface area (Å²) in [7, 11) is 0. The van der Waals surface area contributed by atoms with E-state index in [-0.39, 0.29) is 6.10 Å². The molecule has 1 aliphatic carbocycles. The van der Waals surface area contributed by atoms with Crippen molar-refractivity contribution < 1.29 is 5.11 Å². The van der Waals surface area contributed by atoms with E-state index in [1.165, 1.54) is 17.7 Å². The number of rotatable bonds is 1. The van der Waals surface area contributed by atoms with Gasteiger partial charge in [-0.1, -0.05) is 15.9 Å². The highest BCUT2D eigenvalue weighted by Gasteiger charge is 2.28.